The van der Waals surface area contributed by atoms with Crippen LogP contribution in [0.1, 0.15) is 38.7 Å². The summed E-state index contributed by atoms with van der Waals surface area (Å²) in [6, 6.07) is 10.6. The molecular formula is C16H26OS. The summed E-state index contributed by atoms with van der Waals surface area (Å²) in [7, 11) is 0. The maximum Gasteiger partial charge on any atom is 0.0548 e. The van der Waals surface area contributed by atoms with Gasteiger partial charge in [-0.2, -0.15) is 11.8 Å². The number of hydrogen-bond donors (Lipinski definition) is 1. The van der Waals surface area contributed by atoms with Crippen LogP contribution in [0, 0.1) is 5.92 Å². The molecule has 0 heterocycles. The Balaban J connectivity index is 1.98. The smallest absolute Gasteiger partial charge is 0.0548 e. The van der Waals surface area contributed by atoms with Crippen LogP contribution >= 0.6 is 11.8 Å². The topological polar surface area (TPSA) is 20.2 Å². The van der Waals surface area contributed by atoms with Crippen molar-refractivity contribution in [2.24, 2.45) is 5.92 Å². The van der Waals surface area contributed by atoms with E-state index in [2.05, 4.69) is 44.2 Å². The van der Waals surface area contributed by atoms with Gasteiger partial charge in [0.2, 0.25) is 0 Å². The van der Waals surface area contributed by atoms with Crippen LogP contribution in [0.4, 0.5) is 0 Å². The average molecular weight is 266 g/mol. The highest BCUT2D eigenvalue weighted by molar-refractivity contribution is 7.99. The molecule has 1 rings (SSSR count). The van der Waals surface area contributed by atoms with Crippen molar-refractivity contribution >= 4 is 11.8 Å². The van der Waals surface area contributed by atoms with Gasteiger partial charge in [0.05, 0.1) is 6.10 Å². The number of hydrogen-bond acceptors (Lipinski definition) is 2. The van der Waals surface area contributed by atoms with Crippen LogP contribution in [-0.2, 0) is 6.42 Å². The largest absolute Gasteiger partial charge is 0.393 e. The van der Waals surface area contributed by atoms with Gasteiger partial charge in [0.1, 0.15) is 0 Å². The summed E-state index contributed by atoms with van der Waals surface area (Å²) in [5, 5.41) is 9.80. The van der Waals surface area contributed by atoms with Crippen molar-refractivity contribution in [3.63, 3.8) is 0 Å². The zero-order chi connectivity index (χ0) is 13.2. The first-order valence-corrected chi connectivity index (χ1v) is 8.13. The molecule has 1 aromatic rings. The summed E-state index contributed by atoms with van der Waals surface area (Å²) in [6.07, 6.45) is 4.06. The van der Waals surface area contributed by atoms with Gasteiger partial charge < -0.3 is 5.11 Å². The minimum atomic E-state index is -0.100. The third-order valence-electron chi connectivity index (χ3n) is 3.05. The molecule has 1 aromatic carbocycles. The molecule has 1 atom stereocenters. The average Bonchev–Trinajstić information content (AvgIpc) is 2.37. The molecular weight excluding hydrogens is 240 g/mol. The molecule has 0 radical (unpaired) electrons. The monoisotopic (exact) mass is 266 g/mol. The van der Waals surface area contributed by atoms with Gasteiger partial charge in [-0.25, -0.2) is 0 Å². The lowest BCUT2D eigenvalue weighted by molar-refractivity contribution is 0.154. The molecule has 18 heavy (non-hydrogen) atoms. The molecule has 0 spiro atoms. The normalized spacial score (nSPS) is 12.9. The Kier molecular flexibility index (Phi) is 8.19. The van der Waals surface area contributed by atoms with Gasteiger partial charge in [-0.05, 0) is 48.7 Å². The third-order valence-corrected chi connectivity index (χ3v) is 4.07. The van der Waals surface area contributed by atoms with Gasteiger partial charge >= 0.3 is 0 Å². The molecule has 0 aliphatic heterocycles. The van der Waals surface area contributed by atoms with Crippen molar-refractivity contribution in [3.8, 4) is 0 Å². The molecule has 1 N–H and O–H groups in total. The van der Waals surface area contributed by atoms with Gasteiger partial charge in [-0.3, -0.25) is 0 Å². The molecule has 0 aromatic heterocycles. The molecule has 0 aliphatic carbocycles. The zero-order valence-corrected chi connectivity index (χ0v) is 12.5. The molecule has 0 amide bonds. The lowest BCUT2D eigenvalue weighted by atomic mass is 10.0. The minimum Gasteiger partial charge on any atom is -0.393 e. The summed E-state index contributed by atoms with van der Waals surface area (Å²) in [5.41, 5.74) is 1.41. The first-order chi connectivity index (χ1) is 8.68. The molecule has 0 fully saturated rings. The number of aliphatic hydroxyl groups is 1. The number of thioether (sulfide) groups is 1. The highest BCUT2D eigenvalue weighted by Gasteiger charge is 2.05. The Morgan fingerprint density at radius 3 is 2.39 bits per heavy atom. The fourth-order valence-electron chi connectivity index (χ4n) is 1.83. The quantitative estimate of drug-likeness (QED) is 0.678. The summed E-state index contributed by atoms with van der Waals surface area (Å²) < 4.78 is 0. The molecule has 0 saturated heterocycles. The van der Waals surface area contributed by atoms with Gasteiger partial charge in [-0.1, -0.05) is 44.2 Å². The SMILES string of the molecule is CC(C)CCC(O)CCSCCc1ccccc1. The standard InChI is InChI=1S/C16H26OS/c1-14(2)8-9-16(17)11-13-18-12-10-15-6-4-3-5-7-15/h3-7,14,16-17H,8-13H2,1-2H3. The van der Waals surface area contributed by atoms with Gasteiger partial charge in [-0.15, -0.1) is 0 Å². The minimum absolute atomic E-state index is 0.100. The highest BCUT2D eigenvalue weighted by atomic mass is 32.2. The van der Waals surface area contributed by atoms with Crippen LogP contribution in [0.2, 0.25) is 0 Å². The van der Waals surface area contributed by atoms with E-state index in [0.717, 1.165) is 37.2 Å². The predicted molar refractivity (Wildman–Crippen MR) is 82.2 cm³/mol. The van der Waals surface area contributed by atoms with Crippen LogP contribution in [0.5, 0.6) is 0 Å². The van der Waals surface area contributed by atoms with Crippen molar-refractivity contribution in [2.75, 3.05) is 11.5 Å². The van der Waals surface area contributed by atoms with Crippen molar-refractivity contribution in [2.45, 2.75) is 45.6 Å². The fraction of sp³-hybridized carbons (Fsp3) is 0.625. The molecule has 2 heteroatoms. The van der Waals surface area contributed by atoms with Crippen molar-refractivity contribution in [1.82, 2.24) is 0 Å². The Morgan fingerprint density at radius 1 is 1.00 bits per heavy atom. The van der Waals surface area contributed by atoms with Crippen LogP contribution in [0.15, 0.2) is 30.3 Å². The van der Waals surface area contributed by atoms with Crippen molar-refractivity contribution in [3.05, 3.63) is 35.9 Å². The van der Waals surface area contributed by atoms with Crippen molar-refractivity contribution in [1.29, 1.82) is 0 Å². The van der Waals surface area contributed by atoms with Crippen LogP contribution in [0.25, 0.3) is 0 Å². The van der Waals surface area contributed by atoms with E-state index in [1.54, 1.807) is 0 Å². The number of rotatable bonds is 9. The highest BCUT2D eigenvalue weighted by Crippen LogP contribution is 2.13. The van der Waals surface area contributed by atoms with Gasteiger partial charge in [0.25, 0.3) is 0 Å². The zero-order valence-electron chi connectivity index (χ0n) is 11.6. The number of aryl methyl sites for hydroxylation is 1. The van der Waals surface area contributed by atoms with Crippen LogP contribution < -0.4 is 0 Å². The summed E-state index contributed by atoms with van der Waals surface area (Å²) >= 11 is 1.95. The lowest BCUT2D eigenvalue weighted by Gasteiger charge is -2.11. The second-order valence-corrected chi connectivity index (χ2v) is 6.49. The number of aliphatic hydroxyl groups excluding tert-OH is 1. The Bertz CT molecular complexity index is 297. The Morgan fingerprint density at radius 2 is 1.72 bits per heavy atom. The molecule has 0 aliphatic rings. The van der Waals surface area contributed by atoms with E-state index in [-0.39, 0.29) is 6.10 Å². The van der Waals surface area contributed by atoms with E-state index < -0.39 is 0 Å². The van der Waals surface area contributed by atoms with E-state index >= 15 is 0 Å². The summed E-state index contributed by atoms with van der Waals surface area (Å²) in [6.45, 7) is 4.42. The Hall–Kier alpha value is -0.470. The predicted octanol–water partition coefficient (Wildman–Crippen LogP) is 4.15. The van der Waals surface area contributed by atoms with E-state index in [4.69, 9.17) is 0 Å². The fourth-order valence-corrected chi connectivity index (χ4v) is 2.85. The van der Waals surface area contributed by atoms with Crippen LogP contribution in [-0.4, -0.2) is 22.7 Å². The van der Waals surface area contributed by atoms with Crippen LogP contribution in [0.3, 0.4) is 0 Å². The maximum atomic E-state index is 9.80. The van der Waals surface area contributed by atoms with Gasteiger partial charge in [0.15, 0.2) is 0 Å². The second kappa shape index (κ2) is 9.46. The first-order valence-electron chi connectivity index (χ1n) is 6.98. The van der Waals surface area contributed by atoms with E-state index in [1.165, 1.54) is 5.56 Å². The maximum absolute atomic E-state index is 9.80. The second-order valence-electron chi connectivity index (χ2n) is 5.26. The van der Waals surface area contributed by atoms with E-state index in [1.807, 2.05) is 11.8 Å². The third kappa shape index (κ3) is 7.78. The summed E-state index contributed by atoms with van der Waals surface area (Å²) in [4.78, 5) is 0. The van der Waals surface area contributed by atoms with Crippen molar-refractivity contribution < 1.29 is 5.11 Å². The molecule has 0 bridgehead atoms. The molecule has 102 valence electrons. The Labute approximate surface area is 116 Å². The van der Waals surface area contributed by atoms with E-state index in [0.29, 0.717) is 5.92 Å². The summed E-state index contributed by atoms with van der Waals surface area (Å²) in [5.74, 6) is 2.93. The molecule has 1 unspecified atom stereocenters. The van der Waals surface area contributed by atoms with E-state index in [9.17, 15) is 5.11 Å². The first kappa shape index (κ1) is 15.6. The number of benzene rings is 1. The van der Waals surface area contributed by atoms with Gasteiger partial charge in [0, 0.05) is 0 Å². The molecule has 0 saturated carbocycles. The lowest BCUT2D eigenvalue weighted by Crippen LogP contribution is -2.09. The molecule has 1 nitrogen and oxygen atoms in total.